The molecule has 0 saturated carbocycles. The Labute approximate surface area is 104 Å². The quantitative estimate of drug-likeness (QED) is 0.722. The minimum absolute atomic E-state index is 0.0549. The largest absolute Gasteiger partial charge is 0.481 e. The maximum Gasteiger partial charge on any atom is 0.305 e. The van der Waals surface area contributed by atoms with Crippen molar-refractivity contribution in [1.29, 1.82) is 0 Å². The van der Waals surface area contributed by atoms with Crippen LogP contribution in [0, 0.1) is 6.92 Å². The number of aliphatic carboxylic acids is 1. The van der Waals surface area contributed by atoms with Gasteiger partial charge in [-0.1, -0.05) is 5.16 Å². The Kier molecular flexibility index (Phi) is 5.25. The SMILES string of the molecule is Cc1noc(COCC(=O)N(C)CCC(=O)O)n1. The Bertz CT molecular complexity index is 417. The maximum atomic E-state index is 11.5. The number of carbonyl (C=O) groups excluding carboxylic acids is 1. The summed E-state index contributed by atoms with van der Waals surface area (Å²) in [6.07, 6.45) is -0.0922. The molecular weight excluding hydrogens is 242 g/mol. The van der Waals surface area contributed by atoms with Crippen molar-refractivity contribution >= 4 is 11.9 Å². The van der Waals surface area contributed by atoms with Gasteiger partial charge in [0.1, 0.15) is 13.2 Å². The van der Waals surface area contributed by atoms with Gasteiger partial charge in [0.15, 0.2) is 5.82 Å². The molecule has 1 rings (SSSR count). The molecule has 0 aliphatic rings. The van der Waals surface area contributed by atoms with Crippen molar-refractivity contribution in [3.05, 3.63) is 11.7 Å². The fourth-order valence-corrected chi connectivity index (χ4v) is 1.12. The van der Waals surface area contributed by atoms with E-state index in [0.29, 0.717) is 11.7 Å². The van der Waals surface area contributed by atoms with E-state index in [1.54, 1.807) is 6.92 Å². The Morgan fingerprint density at radius 1 is 1.50 bits per heavy atom. The Hall–Kier alpha value is -1.96. The average molecular weight is 257 g/mol. The van der Waals surface area contributed by atoms with Gasteiger partial charge in [-0.3, -0.25) is 9.59 Å². The maximum absolute atomic E-state index is 11.5. The first-order valence-corrected chi connectivity index (χ1v) is 5.31. The van der Waals surface area contributed by atoms with Gasteiger partial charge < -0.3 is 19.3 Å². The van der Waals surface area contributed by atoms with E-state index >= 15 is 0 Å². The molecule has 0 saturated heterocycles. The fourth-order valence-electron chi connectivity index (χ4n) is 1.12. The summed E-state index contributed by atoms with van der Waals surface area (Å²) in [7, 11) is 1.52. The number of likely N-dealkylation sites (N-methyl/N-ethyl adjacent to an activating group) is 1. The molecule has 8 nitrogen and oxygen atoms in total. The molecule has 0 spiro atoms. The summed E-state index contributed by atoms with van der Waals surface area (Å²) >= 11 is 0. The second-order valence-corrected chi connectivity index (χ2v) is 3.69. The van der Waals surface area contributed by atoms with Gasteiger partial charge >= 0.3 is 5.97 Å². The van der Waals surface area contributed by atoms with Crippen molar-refractivity contribution in [1.82, 2.24) is 15.0 Å². The van der Waals surface area contributed by atoms with Gasteiger partial charge in [-0.2, -0.15) is 4.98 Å². The Morgan fingerprint density at radius 2 is 2.22 bits per heavy atom. The van der Waals surface area contributed by atoms with Crippen LogP contribution in [-0.4, -0.2) is 52.2 Å². The van der Waals surface area contributed by atoms with Crippen molar-refractivity contribution in [2.45, 2.75) is 20.0 Å². The lowest BCUT2D eigenvalue weighted by Crippen LogP contribution is -2.32. The highest BCUT2D eigenvalue weighted by molar-refractivity contribution is 5.77. The van der Waals surface area contributed by atoms with Crippen LogP contribution in [0.1, 0.15) is 18.1 Å². The van der Waals surface area contributed by atoms with E-state index in [-0.39, 0.29) is 32.1 Å². The third-order valence-electron chi connectivity index (χ3n) is 2.11. The van der Waals surface area contributed by atoms with Crippen molar-refractivity contribution in [3.63, 3.8) is 0 Å². The Morgan fingerprint density at radius 3 is 2.78 bits per heavy atom. The standard InChI is InChI=1S/C10H15N3O5/c1-7-11-8(18-12-7)5-17-6-9(14)13(2)4-3-10(15)16/h3-6H2,1-2H3,(H,15,16). The third kappa shape index (κ3) is 4.91. The number of nitrogens with zero attached hydrogens (tertiary/aromatic N) is 3. The van der Waals surface area contributed by atoms with Crippen LogP contribution in [0.25, 0.3) is 0 Å². The summed E-state index contributed by atoms with van der Waals surface area (Å²) in [5, 5.41) is 12.0. The van der Waals surface area contributed by atoms with E-state index < -0.39 is 5.97 Å². The fraction of sp³-hybridized carbons (Fsp3) is 0.600. The first-order chi connectivity index (χ1) is 8.49. The smallest absolute Gasteiger partial charge is 0.305 e. The van der Waals surface area contributed by atoms with Crippen LogP contribution >= 0.6 is 0 Å². The molecule has 1 aromatic heterocycles. The molecule has 8 heteroatoms. The zero-order chi connectivity index (χ0) is 13.5. The summed E-state index contributed by atoms with van der Waals surface area (Å²) in [4.78, 5) is 27.0. The summed E-state index contributed by atoms with van der Waals surface area (Å²) in [6.45, 7) is 1.73. The van der Waals surface area contributed by atoms with E-state index in [2.05, 4.69) is 10.1 Å². The summed E-state index contributed by atoms with van der Waals surface area (Å²) in [6, 6.07) is 0. The molecular formula is C10H15N3O5. The third-order valence-corrected chi connectivity index (χ3v) is 2.11. The van der Waals surface area contributed by atoms with Gasteiger partial charge in [0.25, 0.3) is 5.89 Å². The molecule has 0 aliphatic carbocycles. The molecule has 0 bridgehead atoms. The summed E-state index contributed by atoms with van der Waals surface area (Å²) < 4.78 is 9.88. The van der Waals surface area contributed by atoms with Gasteiger partial charge in [-0.25, -0.2) is 0 Å². The van der Waals surface area contributed by atoms with Crippen molar-refractivity contribution in [3.8, 4) is 0 Å². The summed E-state index contributed by atoms with van der Waals surface area (Å²) in [5.74, 6) is -0.448. The van der Waals surface area contributed by atoms with E-state index in [1.165, 1.54) is 11.9 Å². The monoisotopic (exact) mass is 257 g/mol. The van der Waals surface area contributed by atoms with Gasteiger partial charge in [-0.15, -0.1) is 0 Å². The first-order valence-electron chi connectivity index (χ1n) is 5.31. The number of hydrogen-bond donors (Lipinski definition) is 1. The number of aromatic nitrogens is 2. The molecule has 100 valence electrons. The molecule has 0 aliphatic heterocycles. The first kappa shape index (κ1) is 14.1. The number of ether oxygens (including phenoxy) is 1. The number of carbonyl (C=O) groups is 2. The predicted molar refractivity (Wildman–Crippen MR) is 58.6 cm³/mol. The molecule has 0 aromatic carbocycles. The normalized spacial score (nSPS) is 10.3. The minimum atomic E-state index is -0.947. The van der Waals surface area contributed by atoms with Crippen LogP contribution < -0.4 is 0 Å². The van der Waals surface area contributed by atoms with Crippen LogP contribution in [0.15, 0.2) is 4.52 Å². The number of hydrogen-bond acceptors (Lipinski definition) is 6. The Balaban J connectivity index is 2.22. The van der Waals surface area contributed by atoms with E-state index in [0.717, 1.165) is 0 Å². The molecule has 0 fully saturated rings. The number of carboxylic acid groups (broad SMARTS) is 1. The van der Waals surface area contributed by atoms with E-state index in [4.69, 9.17) is 14.4 Å². The lowest BCUT2D eigenvalue weighted by Gasteiger charge is -2.15. The average Bonchev–Trinajstić information content (AvgIpc) is 2.71. The number of carboxylic acids is 1. The molecule has 1 N–H and O–H groups in total. The molecule has 18 heavy (non-hydrogen) atoms. The van der Waals surface area contributed by atoms with Crippen LogP contribution in [0.3, 0.4) is 0 Å². The highest BCUT2D eigenvalue weighted by Gasteiger charge is 2.11. The van der Waals surface area contributed by atoms with Crippen LogP contribution in [0.5, 0.6) is 0 Å². The topological polar surface area (TPSA) is 106 Å². The summed E-state index contributed by atoms with van der Waals surface area (Å²) in [5.41, 5.74) is 0. The number of amides is 1. The highest BCUT2D eigenvalue weighted by Crippen LogP contribution is 1.98. The zero-order valence-corrected chi connectivity index (χ0v) is 10.3. The molecule has 1 aromatic rings. The van der Waals surface area contributed by atoms with Crippen molar-refractivity contribution in [2.75, 3.05) is 20.2 Å². The predicted octanol–water partition coefficient (Wildman–Crippen LogP) is -0.172. The van der Waals surface area contributed by atoms with E-state index in [9.17, 15) is 9.59 Å². The van der Waals surface area contributed by atoms with Crippen LogP contribution in [0.4, 0.5) is 0 Å². The molecule has 1 amide bonds. The zero-order valence-electron chi connectivity index (χ0n) is 10.3. The molecule has 1 heterocycles. The molecule has 0 unspecified atom stereocenters. The van der Waals surface area contributed by atoms with Gasteiger partial charge in [-0.05, 0) is 6.92 Å². The van der Waals surface area contributed by atoms with Gasteiger partial charge in [0.2, 0.25) is 5.91 Å². The van der Waals surface area contributed by atoms with Crippen LogP contribution in [0.2, 0.25) is 0 Å². The second-order valence-electron chi connectivity index (χ2n) is 3.69. The number of rotatable bonds is 7. The lowest BCUT2D eigenvalue weighted by atomic mass is 10.4. The van der Waals surface area contributed by atoms with Gasteiger partial charge in [0, 0.05) is 13.6 Å². The minimum Gasteiger partial charge on any atom is -0.481 e. The highest BCUT2D eigenvalue weighted by atomic mass is 16.5. The lowest BCUT2D eigenvalue weighted by molar-refractivity contribution is -0.139. The number of aryl methyl sites for hydroxylation is 1. The van der Waals surface area contributed by atoms with E-state index in [1.807, 2.05) is 0 Å². The van der Waals surface area contributed by atoms with Crippen molar-refractivity contribution < 1.29 is 24.0 Å². The second kappa shape index (κ2) is 6.70. The molecule has 0 atom stereocenters. The molecule has 0 radical (unpaired) electrons. The van der Waals surface area contributed by atoms with Crippen LogP contribution in [-0.2, 0) is 20.9 Å². The van der Waals surface area contributed by atoms with Gasteiger partial charge in [0.05, 0.1) is 6.42 Å². The van der Waals surface area contributed by atoms with Crippen molar-refractivity contribution in [2.24, 2.45) is 0 Å².